The van der Waals surface area contributed by atoms with Gasteiger partial charge in [-0.25, -0.2) is 0 Å². The molecule has 0 bridgehead atoms. The number of nitrogens with one attached hydrogen (secondary N) is 1. The molecule has 1 aromatic carbocycles. The third-order valence-electron chi connectivity index (χ3n) is 4.51. The number of aliphatic imine (C=N–C) groups is 1. The molecule has 122 valence electrons. The lowest BCUT2D eigenvalue weighted by atomic mass is 9.69. The van der Waals surface area contributed by atoms with Crippen molar-refractivity contribution in [1.82, 2.24) is 5.32 Å². The van der Waals surface area contributed by atoms with Gasteiger partial charge in [0, 0.05) is 29.9 Å². The van der Waals surface area contributed by atoms with E-state index < -0.39 is 5.41 Å². The van der Waals surface area contributed by atoms with E-state index in [0.717, 1.165) is 5.56 Å². The van der Waals surface area contributed by atoms with Crippen LogP contribution in [0.3, 0.4) is 0 Å². The summed E-state index contributed by atoms with van der Waals surface area (Å²) < 4.78 is 5.50. The highest BCUT2D eigenvalue weighted by atomic mass is 35.5. The average Bonchev–Trinajstić information content (AvgIpc) is 2.75. The van der Waals surface area contributed by atoms with Gasteiger partial charge in [0.2, 0.25) is 0 Å². The smallest absolute Gasteiger partial charge is 0.322 e. The second-order valence-corrected chi connectivity index (χ2v) is 6.52. The molecule has 0 radical (unpaired) electrons. The molecule has 3 atom stereocenters. The van der Waals surface area contributed by atoms with Gasteiger partial charge in [-0.15, -0.1) is 0 Å². The minimum Gasteiger partial charge on any atom is -0.425 e. The van der Waals surface area contributed by atoms with Crippen LogP contribution in [0.4, 0.5) is 0 Å². The molecule has 1 fully saturated rings. The molecule has 0 aromatic heterocycles. The first-order valence-corrected chi connectivity index (χ1v) is 7.86. The Balaban J connectivity index is 2.03. The number of hydrazone groups is 1. The quantitative estimate of drug-likeness (QED) is 0.283. The third kappa shape index (κ3) is 2.62. The minimum atomic E-state index is -0.702. The number of fused-ring (bicyclic) bond motifs is 2. The molecule has 1 unspecified atom stereocenters. The first kappa shape index (κ1) is 16.0. The summed E-state index contributed by atoms with van der Waals surface area (Å²) in [6.07, 6.45) is 2.79. The van der Waals surface area contributed by atoms with Crippen LogP contribution in [0.15, 0.2) is 28.3 Å². The van der Waals surface area contributed by atoms with E-state index >= 15 is 0 Å². The van der Waals surface area contributed by atoms with E-state index in [1.54, 1.807) is 25.4 Å². The van der Waals surface area contributed by atoms with Gasteiger partial charge >= 0.3 is 5.97 Å². The summed E-state index contributed by atoms with van der Waals surface area (Å²) in [4.78, 5) is 16.7. The van der Waals surface area contributed by atoms with Gasteiger partial charge in [0.05, 0.1) is 11.8 Å². The van der Waals surface area contributed by atoms with Gasteiger partial charge in [-0.3, -0.25) is 9.79 Å². The number of hydrogen-bond acceptors (Lipinski definition) is 6. The normalized spacial score (nSPS) is 30.7. The van der Waals surface area contributed by atoms with Crippen molar-refractivity contribution in [3.8, 4) is 5.75 Å². The van der Waals surface area contributed by atoms with Crippen LogP contribution in [0, 0.1) is 0 Å². The number of benzene rings is 1. The van der Waals surface area contributed by atoms with Gasteiger partial charge in [0.25, 0.3) is 0 Å². The molecule has 23 heavy (non-hydrogen) atoms. The van der Waals surface area contributed by atoms with Crippen molar-refractivity contribution in [3.63, 3.8) is 0 Å². The van der Waals surface area contributed by atoms with Crippen LogP contribution in [0.2, 0.25) is 5.02 Å². The largest absolute Gasteiger partial charge is 0.425 e. The fourth-order valence-electron chi connectivity index (χ4n) is 3.62. The number of halogens is 1. The molecule has 2 aliphatic rings. The molecular formula is C16H19ClN4O2. The third-order valence-corrected chi connectivity index (χ3v) is 4.75. The molecule has 6 nitrogen and oxygen atoms in total. The first-order valence-electron chi connectivity index (χ1n) is 7.48. The van der Waals surface area contributed by atoms with Gasteiger partial charge in [-0.2, -0.15) is 5.10 Å². The van der Waals surface area contributed by atoms with Crippen LogP contribution in [0.1, 0.15) is 25.3 Å². The molecule has 2 heterocycles. The Bertz CT molecular complexity index is 703. The number of hydrogen-bond donors (Lipinski definition) is 2. The number of nitrogens with zero attached hydrogens (tertiary/aromatic N) is 2. The SMILES string of the molecule is CN=C/C(=N\N)[C@@H]1CC2(C[C@H](C)N1)C(=O)Oc1cc(Cl)ccc12. The lowest BCUT2D eigenvalue weighted by molar-refractivity contribution is -0.139. The maximum absolute atomic E-state index is 12.7. The summed E-state index contributed by atoms with van der Waals surface area (Å²) in [5, 5.41) is 7.80. The maximum Gasteiger partial charge on any atom is 0.322 e. The van der Waals surface area contributed by atoms with Crippen molar-refractivity contribution in [2.75, 3.05) is 7.05 Å². The Hall–Kier alpha value is -1.92. The lowest BCUT2D eigenvalue weighted by Crippen LogP contribution is -2.56. The Kier molecular flexibility index (Phi) is 4.12. The predicted octanol–water partition coefficient (Wildman–Crippen LogP) is 1.65. The molecule has 0 saturated carbocycles. The number of rotatable bonds is 2. The van der Waals surface area contributed by atoms with Crippen LogP contribution in [0.5, 0.6) is 5.75 Å². The van der Waals surface area contributed by atoms with Crippen LogP contribution < -0.4 is 15.9 Å². The van der Waals surface area contributed by atoms with Gasteiger partial charge < -0.3 is 15.9 Å². The fraction of sp³-hybridized carbons (Fsp3) is 0.438. The first-order chi connectivity index (χ1) is 11.0. The standard InChI is InChI=1S/C16H19ClN4O2/c1-9-6-16(7-12(20-9)13(21-18)8-19-2)11-4-3-10(17)5-14(11)23-15(16)22/h3-5,8-9,12,20H,6-7,18H2,1-2H3/b19-8?,21-13+/t9-,12-,16?/m0/s1. The molecule has 0 amide bonds. The number of nitrogens with two attached hydrogens (primary N) is 1. The van der Waals surface area contributed by atoms with Crippen molar-refractivity contribution < 1.29 is 9.53 Å². The van der Waals surface area contributed by atoms with Gasteiger partial charge in [0.15, 0.2) is 0 Å². The summed E-state index contributed by atoms with van der Waals surface area (Å²) >= 11 is 6.01. The summed E-state index contributed by atoms with van der Waals surface area (Å²) in [5.74, 6) is 5.80. The molecule has 3 rings (SSSR count). The van der Waals surface area contributed by atoms with E-state index in [1.807, 2.05) is 13.0 Å². The zero-order valence-corrected chi connectivity index (χ0v) is 13.8. The predicted molar refractivity (Wildman–Crippen MR) is 90.4 cm³/mol. The van der Waals surface area contributed by atoms with E-state index in [2.05, 4.69) is 15.4 Å². The van der Waals surface area contributed by atoms with Crippen molar-refractivity contribution >= 4 is 29.5 Å². The second kappa shape index (κ2) is 5.94. The second-order valence-electron chi connectivity index (χ2n) is 6.08. The Morgan fingerprint density at radius 1 is 1.52 bits per heavy atom. The lowest BCUT2D eigenvalue weighted by Gasteiger charge is -2.39. The molecule has 3 N–H and O–H groups in total. The highest BCUT2D eigenvalue weighted by Gasteiger charge is 2.53. The Morgan fingerprint density at radius 2 is 2.30 bits per heavy atom. The van der Waals surface area contributed by atoms with E-state index in [4.69, 9.17) is 22.2 Å². The van der Waals surface area contributed by atoms with Crippen molar-refractivity contribution in [2.45, 2.75) is 37.3 Å². The minimum absolute atomic E-state index is 0.102. The Labute approximate surface area is 139 Å². The van der Waals surface area contributed by atoms with E-state index in [0.29, 0.717) is 29.3 Å². The zero-order valence-electron chi connectivity index (χ0n) is 13.0. The molecular weight excluding hydrogens is 316 g/mol. The number of piperidine rings is 1. The van der Waals surface area contributed by atoms with Gasteiger partial charge in [-0.05, 0) is 31.9 Å². The number of carbonyl (C=O) groups excluding carboxylic acids is 1. The van der Waals surface area contributed by atoms with Crippen molar-refractivity contribution in [1.29, 1.82) is 0 Å². The summed E-state index contributed by atoms with van der Waals surface area (Å²) in [7, 11) is 1.66. The van der Waals surface area contributed by atoms with Crippen LogP contribution in [0.25, 0.3) is 0 Å². The number of esters is 1. The average molecular weight is 335 g/mol. The van der Waals surface area contributed by atoms with E-state index in [-0.39, 0.29) is 18.1 Å². The van der Waals surface area contributed by atoms with Crippen molar-refractivity contribution in [2.24, 2.45) is 15.9 Å². The molecule has 0 aliphatic carbocycles. The van der Waals surface area contributed by atoms with E-state index in [9.17, 15) is 4.79 Å². The fourth-order valence-corrected chi connectivity index (χ4v) is 3.78. The Morgan fingerprint density at radius 3 is 3.00 bits per heavy atom. The monoisotopic (exact) mass is 334 g/mol. The summed E-state index contributed by atoms with van der Waals surface area (Å²) in [5.41, 5.74) is 0.802. The summed E-state index contributed by atoms with van der Waals surface area (Å²) in [6.45, 7) is 2.03. The summed E-state index contributed by atoms with van der Waals surface area (Å²) in [6, 6.07) is 5.30. The molecule has 1 saturated heterocycles. The molecule has 7 heteroatoms. The number of ether oxygens (including phenoxy) is 1. The van der Waals surface area contributed by atoms with Crippen LogP contribution in [-0.4, -0.2) is 37.0 Å². The molecule has 2 aliphatic heterocycles. The number of carbonyl (C=O) groups is 1. The molecule has 1 aromatic rings. The van der Waals surface area contributed by atoms with Gasteiger partial charge in [0.1, 0.15) is 11.2 Å². The highest BCUT2D eigenvalue weighted by Crippen LogP contribution is 2.48. The topological polar surface area (TPSA) is 89.1 Å². The van der Waals surface area contributed by atoms with Crippen LogP contribution in [-0.2, 0) is 10.2 Å². The maximum atomic E-state index is 12.7. The highest BCUT2D eigenvalue weighted by molar-refractivity contribution is 6.33. The molecule has 1 spiro atoms. The van der Waals surface area contributed by atoms with Gasteiger partial charge in [-0.1, -0.05) is 17.7 Å². The van der Waals surface area contributed by atoms with Crippen LogP contribution >= 0.6 is 11.6 Å². The zero-order chi connectivity index (χ0) is 16.6. The van der Waals surface area contributed by atoms with Crippen molar-refractivity contribution in [3.05, 3.63) is 28.8 Å². The van der Waals surface area contributed by atoms with E-state index in [1.165, 1.54) is 0 Å².